The van der Waals surface area contributed by atoms with Gasteiger partial charge in [-0.2, -0.15) is 23.5 Å². The molecule has 1 atom stereocenters. The molecule has 2 fully saturated rings. The van der Waals surface area contributed by atoms with Crippen molar-refractivity contribution >= 4 is 41.0 Å². The predicted molar refractivity (Wildman–Crippen MR) is 153 cm³/mol. The van der Waals surface area contributed by atoms with Crippen LogP contribution in [-0.2, 0) is 26.1 Å². The van der Waals surface area contributed by atoms with E-state index in [9.17, 15) is 27.6 Å². The molecular formula is C29H25F3N8O3S. The van der Waals surface area contributed by atoms with E-state index < -0.39 is 28.9 Å². The van der Waals surface area contributed by atoms with Crippen LogP contribution >= 0.6 is 11.8 Å². The van der Waals surface area contributed by atoms with Crippen molar-refractivity contribution in [1.29, 1.82) is 5.26 Å². The van der Waals surface area contributed by atoms with E-state index in [2.05, 4.69) is 42.4 Å². The van der Waals surface area contributed by atoms with Crippen molar-refractivity contribution < 1.29 is 27.6 Å². The highest BCUT2D eigenvalue weighted by Gasteiger charge is 2.36. The Morgan fingerprint density at radius 2 is 1.93 bits per heavy atom. The summed E-state index contributed by atoms with van der Waals surface area (Å²) in [5.74, 6) is 5.95. The number of hydrogen-bond acceptors (Lipinski definition) is 9. The molecule has 0 aliphatic carbocycles. The van der Waals surface area contributed by atoms with Crippen LogP contribution in [-0.4, -0.2) is 55.8 Å². The van der Waals surface area contributed by atoms with E-state index in [1.807, 2.05) is 12.1 Å². The highest BCUT2D eigenvalue weighted by atomic mass is 32.2. The zero-order chi connectivity index (χ0) is 31.6. The molecule has 5 heterocycles. The molecule has 3 aromatic heterocycles. The van der Waals surface area contributed by atoms with Crippen LogP contribution in [0.5, 0.6) is 0 Å². The molecule has 2 saturated heterocycles. The standard InChI is InChI=1S/C29H25F3N8O3S/c1-28(2,27(43)37-19-9-21(29(30,31)32)22(10-33)34-12-19)40-16-17(11-36-40)3-4-18-14-39(15-18)24-7-5-20(13-35-24)44-23-6-8-25(41)38-26(23)42/h5,7,9,11-13,16,18,23H,6,8,14-15H2,1-2H3,(H,37,43)(H,38,41,42). The Morgan fingerprint density at radius 3 is 2.59 bits per heavy atom. The minimum Gasteiger partial charge on any atom is -0.354 e. The molecular weight excluding hydrogens is 597 g/mol. The number of imide groups is 1. The second-order valence-corrected chi connectivity index (χ2v) is 12.0. The SMILES string of the molecule is CC(C)(C(=O)Nc1cnc(C#N)c(C(F)(F)F)c1)n1cc(C#CC2CN(c3ccc(SC4CCC(=O)NC4=O)cn3)C2)cn1. The summed E-state index contributed by atoms with van der Waals surface area (Å²) in [5.41, 5.74) is -2.94. The summed E-state index contributed by atoms with van der Waals surface area (Å²) in [6.45, 7) is 4.44. The number of nitriles is 1. The van der Waals surface area contributed by atoms with Crippen molar-refractivity contribution in [2.75, 3.05) is 23.3 Å². The molecule has 0 bridgehead atoms. The summed E-state index contributed by atoms with van der Waals surface area (Å²) in [5, 5.41) is 17.6. The number of thioether (sulfide) groups is 1. The number of nitrogens with zero attached hydrogens (tertiary/aromatic N) is 6. The van der Waals surface area contributed by atoms with Crippen molar-refractivity contribution in [2.24, 2.45) is 5.92 Å². The van der Waals surface area contributed by atoms with Crippen LogP contribution in [0.25, 0.3) is 0 Å². The normalized spacial score (nSPS) is 17.2. The van der Waals surface area contributed by atoms with Gasteiger partial charge in [0.2, 0.25) is 11.8 Å². The lowest BCUT2D eigenvalue weighted by atomic mass is 10.0. The zero-order valence-corrected chi connectivity index (χ0v) is 24.3. The van der Waals surface area contributed by atoms with Crippen LogP contribution in [0.2, 0.25) is 0 Å². The van der Waals surface area contributed by atoms with E-state index in [4.69, 9.17) is 5.26 Å². The van der Waals surface area contributed by atoms with E-state index >= 15 is 0 Å². The fraction of sp³-hybridized carbons (Fsp3) is 0.345. The third-order valence-corrected chi connectivity index (χ3v) is 8.33. The molecule has 2 aliphatic rings. The number of hydrogen-bond donors (Lipinski definition) is 2. The molecule has 0 aromatic carbocycles. The minimum atomic E-state index is -4.80. The van der Waals surface area contributed by atoms with Gasteiger partial charge in [-0.3, -0.25) is 24.4 Å². The molecule has 0 saturated carbocycles. The summed E-state index contributed by atoms with van der Waals surface area (Å²) >= 11 is 1.38. The van der Waals surface area contributed by atoms with E-state index in [-0.39, 0.29) is 28.7 Å². The summed E-state index contributed by atoms with van der Waals surface area (Å²) in [6, 6.07) is 5.85. The lowest BCUT2D eigenvalue weighted by Gasteiger charge is -2.37. The van der Waals surface area contributed by atoms with Gasteiger partial charge < -0.3 is 10.2 Å². The predicted octanol–water partition coefficient (Wildman–Crippen LogP) is 3.32. The number of halogens is 3. The van der Waals surface area contributed by atoms with Gasteiger partial charge in [-0.25, -0.2) is 9.97 Å². The number of nitrogens with one attached hydrogen (secondary N) is 2. The Labute approximate surface area is 254 Å². The Morgan fingerprint density at radius 1 is 1.16 bits per heavy atom. The topological polar surface area (TPSA) is 146 Å². The highest BCUT2D eigenvalue weighted by Crippen LogP contribution is 2.33. The fourth-order valence-corrected chi connectivity index (χ4v) is 5.43. The van der Waals surface area contributed by atoms with Crippen LogP contribution in [0, 0.1) is 29.1 Å². The van der Waals surface area contributed by atoms with Crippen molar-refractivity contribution in [3.8, 4) is 17.9 Å². The first-order valence-electron chi connectivity index (χ1n) is 13.4. The third-order valence-electron chi connectivity index (χ3n) is 7.08. The third kappa shape index (κ3) is 6.68. The van der Waals surface area contributed by atoms with Gasteiger partial charge in [0.15, 0.2) is 5.69 Å². The number of amides is 3. The fourth-order valence-electron chi connectivity index (χ4n) is 4.44. The van der Waals surface area contributed by atoms with Crippen LogP contribution in [0.15, 0.2) is 47.9 Å². The number of carbonyl (C=O) groups is 3. The average Bonchev–Trinajstić information content (AvgIpc) is 3.44. The quantitative estimate of drug-likeness (QED) is 0.312. The number of anilines is 2. The summed E-state index contributed by atoms with van der Waals surface area (Å²) in [4.78, 5) is 47.2. The number of pyridine rings is 2. The first-order valence-corrected chi connectivity index (χ1v) is 14.3. The van der Waals surface area contributed by atoms with Gasteiger partial charge in [0, 0.05) is 36.8 Å². The number of aromatic nitrogens is 4. The van der Waals surface area contributed by atoms with Crippen molar-refractivity contribution in [3.05, 3.63) is 59.8 Å². The largest absolute Gasteiger partial charge is 0.419 e. The second-order valence-electron chi connectivity index (χ2n) is 10.7. The van der Waals surface area contributed by atoms with Crippen molar-refractivity contribution in [2.45, 2.75) is 48.5 Å². The number of alkyl halides is 3. The number of piperidine rings is 1. The molecule has 2 N–H and O–H groups in total. The lowest BCUT2D eigenvalue weighted by Crippen LogP contribution is -2.46. The van der Waals surface area contributed by atoms with Gasteiger partial charge in [-0.1, -0.05) is 11.8 Å². The monoisotopic (exact) mass is 622 g/mol. The maximum Gasteiger partial charge on any atom is 0.419 e. The smallest absolute Gasteiger partial charge is 0.354 e. The molecule has 0 radical (unpaired) electrons. The Balaban J connectivity index is 1.15. The molecule has 0 spiro atoms. The average molecular weight is 623 g/mol. The first-order chi connectivity index (χ1) is 20.8. The Kier molecular flexibility index (Phi) is 8.34. The number of carbonyl (C=O) groups excluding carboxylic acids is 3. The van der Waals surface area contributed by atoms with Crippen LogP contribution in [0.4, 0.5) is 24.7 Å². The van der Waals surface area contributed by atoms with Crippen molar-refractivity contribution in [1.82, 2.24) is 25.1 Å². The maximum absolute atomic E-state index is 13.3. The van der Waals surface area contributed by atoms with Crippen LogP contribution in [0.3, 0.4) is 0 Å². The van der Waals surface area contributed by atoms with E-state index in [1.54, 1.807) is 26.2 Å². The minimum absolute atomic E-state index is 0.0840. The molecule has 11 nitrogen and oxygen atoms in total. The van der Waals surface area contributed by atoms with E-state index in [1.165, 1.54) is 28.7 Å². The van der Waals surface area contributed by atoms with E-state index in [0.29, 0.717) is 37.6 Å². The molecule has 44 heavy (non-hydrogen) atoms. The molecule has 5 rings (SSSR count). The van der Waals surface area contributed by atoms with Gasteiger partial charge in [0.05, 0.1) is 40.4 Å². The summed E-state index contributed by atoms with van der Waals surface area (Å²) in [6.07, 6.45) is 1.81. The van der Waals surface area contributed by atoms with Crippen LogP contribution in [0.1, 0.15) is 43.5 Å². The maximum atomic E-state index is 13.3. The molecule has 226 valence electrons. The summed E-state index contributed by atoms with van der Waals surface area (Å²) in [7, 11) is 0. The molecule has 3 aromatic rings. The Bertz CT molecular complexity index is 1710. The highest BCUT2D eigenvalue weighted by molar-refractivity contribution is 8.00. The van der Waals surface area contributed by atoms with Gasteiger partial charge in [-0.15, -0.1) is 11.8 Å². The lowest BCUT2D eigenvalue weighted by molar-refractivity contribution is -0.138. The molecule has 2 aliphatic heterocycles. The summed E-state index contributed by atoms with van der Waals surface area (Å²) < 4.78 is 41.2. The number of rotatable bonds is 6. The second kappa shape index (κ2) is 12.0. The first kappa shape index (κ1) is 30.6. The van der Waals surface area contributed by atoms with Crippen molar-refractivity contribution in [3.63, 3.8) is 0 Å². The Hall–Kier alpha value is -4.89. The molecule has 3 amide bonds. The van der Waals surface area contributed by atoms with Gasteiger partial charge in [0.25, 0.3) is 5.91 Å². The van der Waals surface area contributed by atoms with Gasteiger partial charge >= 0.3 is 6.18 Å². The molecule has 1 unspecified atom stereocenters. The van der Waals surface area contributed by atoms with Gasteiger partial charge in [0.1, 0.15) is 17.4 Å². The molecule has 15 heteroatoms. The van der Waals surface area contributed by atoms with Crippen LogP contribution < -0.4 is 15.5 Å². The van der Waals surface area contributed by atoms with E-state index in [0.717, 1.165) is 16.9 Å². The van der Waals surface area contributed by atoms with Gasteiger partial charge in [-0.05, 0) is 38.5 Å². The zero-order valence-electron chi connectivity index (χ0n) is 23.5.